The van der Waals surface area contributed by atoms with Crippen molar-refractivity contribution >= 4 is 45.8 Å². The van der Waals surface area contributed by atoms with Crippen molar-refractivity contribution in [1.82, 2.24) is 19.6 Å². The molecule has 5 rings (SSSR count). The van der Waals surface area contributed by atoms with E-state index in [4.69, 9.17) is 16.2 Å². The van der Waals surface area contributed by atoms with Crippen LogP contribution in [0, 0.1) is 0 Å². The van der Waals surface area contributed by atoms with Gasteiger partial charge in [-0.05, 0) is 58.6 Å². The second kappa shape index (κ2) is 12.5. The number of amides is 3. The Morgan fingerprint density at radius 3 is 2.43 bits per heavy atom. The number of pyridine rings is 1. The summed E-state index contributed by atoms with van der Waals surface area (Å²) in [7, 11) is 1.58. The molecule has 2 heterocycles. The van der Waals surface area contributed by atoms with Gasteiger partial charge in [-0.1, -0.05) is 54.6 Å². The van der Waals surface area contributed by atoms with Gasteiger partial charge in [0.15, 0.2) is 5.69 Å². The third-order valence-corrected chi connectivity index (χ3v) is 7.59. The molecule has 10 nitrogen and oxygen atoms in total. The fourth-order valence-electron chi connectivity index (χ4n) is 4.59. The lowest BCUT2D eigenvalue weighted by atomic mass is 10.00. The number of methoxy groups -OCH3 is 1. The summed E-state index contributed by atoms with van der Waals surface area (Å²) in [5.74, 6) is -1.10. The van der Waals surface area contributed by atoms with Crippen molar-refractivity contribution in [2.75, 3.05) is 12.8 Å². The molecule has 0 aliphatic carbocycles. The van der Waals surface area contributed by atoms with E-state index in [-0.39, 0.29) is 29.3 Å². The SMILES string of the molecule is COc1ccc(CNC(=O)[C@H](c2ccc3ncccc3c2)N(Cc2ccccc2)C(=O)c2snc(C(N)=O)c2N)cc1. The first-order valence-electron chi connectivity index (χ1n) is 13.0. The topological polar surface area (TPSA) is 154 Å². The number of nitrogens with one attached hydrogen (secondary N) is 1. The van der Waals surface area contributed by atoms with Gasteiger partial charge in [0.1, 0.15) is 16.7 Å². The number of carbonyl (C=O) groups excluding carboxylic acids is 3. The largest absolute Gasteiger partial charge is 0.497 e. The van der Waals surface area contributed by atoms with Crippen LogP contribution < -0.4 is 21.5 Å². The normalized spacial score (nSPS) is 11.5. The number of nitrogen functional groups attached to an aromatic ring is 1. The highest BCUT2D eigenvalue weighted by atomic mass is 32.1. The minimum atomic E-state index is -1.07. The minimum Gasteiger partial charge on any atom is -0.497 e. The van der Waals surface area contributed by atoms with E-state index in [2.05, 4.69) is 14.7 Å². The molecule has 3 amide bonds. The first kappa shape index (κ1) is 28.2. The van der Waals surface area contributed by atoms with Crippen LogP contribution in [0.2, 0.25) is 0 Å². The second-order valence-corrected chi connectivity index (χ2v) is 10.3. The van der Waals surface area contributed by atoms with Gasteiger partial charge in [0.2, 0.25) is 5.91 Å². The van der Waals surface area contributed by atoms with E-state index in [0.717, 1.165) is 33.6 Å². The third kappa shape index (κ3) is 6.06. The minimum absolute atomic E-state index is 0.0233. The van der Waals surface area contributed by atoms with Crippen LogP contribution in [0.25, 0.3) is 10.9 Å². The Kier molecular flexibility index (Phi) is 8.39. The number of fused-ring (bicyclic) bond motifs is 1. The van der Waals surface area contributed by atoms with Gasteiger partial charge in [-0.25, -0.2) is 0 Å². The van der Waals surface area contributed by atoms with Crippen molar-refractivity contribution in [3.05, 3.63) is 118 Å². The van der Waals surface area contributed by atoms with E-state index in [0.29, 0.717) is 11.3 Å². The molecule has 5 aromatic rings. The predicted octanol–water partition coefficient (Wildman–Crippen LogP) is 4.08. The van der Waals surface area contributed by atoms with Crippen molar-refractivity contribution in [3.8, 4) is 5.75 Å². The highest BCUT2D eigenvalue weighted by molar-refractivity contribution is 7.09. The summed E-state index contributed by atoms with van der Waals surface area (Å²) in [6.07, 6.45) is 1.69. The van der Waals surface area contributed by atoms with Gasteiger partial charge in [-0.3, -0.25) is 19.4 Å². The summed E-state index contributed by atoms with van der Waals surface area (Å²) < 4.78 is 9.24. The maximum absolute atomic E-state index is 14.2. The zero-order valence-electron chi connectivity index (χ0n) is 22.7. The second-order valence-electron chi connectivity index (χ2n) is 9.48. The van der Waals surface area contributed by atoms with Crippen LogP contribution in [0.3, 0.4) is 0 Å². The highest BCUT2D eigenvalue weighted by Gasteiger charge is 2.35. The number of hydrogen-bond donors (Lipinski definition) is 3. The van der Waals surface area contributed by atoms with Crippen LogP contribution in [0.5, 0.6) is 5.75 Å². The lowest BCUT2D eigenvalue weighted by Gasteiger charge is -2.31. The summed E-state index contributed by atoms with van der Waals surface area (Å²) in [5, 5.41) is 3.80. The lowest BCUT2D eigenvalue weighted by Crippen LogP contribution is -2.43. The van der Waals surface area contributed by atoms with Crippen molar-refractivity contribution < 1.29 is 19.1 Å². The highest BCUT2D eigenvalue weighted by Crippen LogP contribution is 2.31. The molecular weight excluding hydrogens is 552 g/mol. The summed E-state index contributed by atoms with van der Waals surface area (Å²) >= 11 is 0.771. The molecule has 0 bridgehead atoms. The van der Waals surface area contributed by atoms with Crippen LogP contribution >= 0.6 is 11.5 Å². The molecule has 0 saturated heterocycles. The maximum atomic E-state index is 14.2. The number of hydrogen-bond acceptors (Lipinski definition) is 8. The van der Waals surface area contributed by atoms with Crippen molar-refractivity contribution in [2.24, 2.45) is 5.73 Å². The molecular formula is C31H28N6O4S. The van der Waals surface area contributed by atoms with Gasteiger partial charge in [-0.2, -0.15) is 4.37 Å². The fraction of sp³-hybridized carbons (Fsp3) is 0.129. The van der Waals surface area contributed by atoms with Gasteiger partial charge in [0.25, 0.3) is 11.8 Å². The van der Waals surface area contributed by atoms with Crippen LogP contribution in [0.4, 0.5) is 5.69 Å². The van der Waals surface area contributed by atoms with Crippen molar-refractivity contribution in [1.29, 1.82) is 0 Å². The van der Waals surface area contributed by atoms with Gasteiger partial charge in [0, 0.05) is 24.7 Å². The number of anilines is 1. The molecule has 2 aromatic heterocycles. The summed E-state index contributed by atoms with van der Waals surface area (Å²) in [4.78, 5) is 46.0. The molecule has 212 valence electrons. The summed E-state index contributed by atoms with van der Waals surface area (Å²) in [6, 6.07) is 24.7. The van der Waals surface area contributed by atoms with E-state index < -0.39 is 23.8 Å². The van der Waals surface area contributed by atoms with E-state index in [9.17, 15) is 14.4 Å². The predicted molar refractivity (Wildman–Crippen MR) is 161 cm³/mol. The number of aromatic nitrogens is 2. The molecule has 3 aromatic carbocycles. The Balaban J connectivity index is 1.58. The number of rotatable bonds is 10. The summed E-state index contributed by atoms with van der Waals surface area (Å²) in [5.41, 5.74) is 14.2. The average Bonchev–Trinajstić information content (AvgIpc) is 3.41. The van der Waals surface area contributed by atoms with E-state index in [1.54, 1.807) is 25.4 Å². The number of primary amides is 1. The molecule has 5 N–H and O–H groups in total. The number of benzene rings is 3. The summed E-state index contributed by atoms with van der Waals surface area (Å²) in [6.45, 7) is 0.297. The monoisotopic (exact) mass is 580 g/mol. The molecule has 0 aliphatic heterocycles. The van der Waals surface area contributed by atoms with Crippen molar-refractivity contribution in [3.63, 3.8) is 0 Å². The van der Waals surface area contributed by atoms with Gasteiger partial charge < -0.3 is 26.4 Å². The van der Waals surface area contributed by atoms with Gasteiger partial charge >= 0.3 is 0 Å². The molecule has 1 atom stereocenters. The molecule has 0 aliphatic rings. The zero-order valence-corrected chi connectivity index (χ0v) is 23.5. The first-order valence-corrected chi connectivity index (χ1v) is 13.8. The first-order chi connectivity index (χ1) is 20.4. The molecule has 0 radical (unpaired) electrons. The number of nitrogens with two attached hydrogens (primary N) is 2. The number of carbonyl (C=O) groups is 3. The van der Waals surface area contributed by atoms with Crippen LogP contribution in [0.1, 0.15) is 42.9 Å². The average molecular weight is 581 g/mol. The molecule has 0 saturated carbocycles. The van der Waals surface area contributed by atoms with E-state index in [1.165, 1.54) is 4.90 Å². The standard InChI is InChI=1S/C31H28N6O4S/c1-41-23-12-9-19(10-13-23)17-35-30(39)27(22-11-14-24-21(16-22)8-5-15-34-24)37(18-20-6-3-2-4-7-20)31(40)28-25(32)26(29(33)38)36-42-28/h2-16,27H,17-18,32H2,1H3,(H2,33,38)(H,35,39)/t27-/m0/s1. The molecule has 42 heavy (non-hydrogen) atoms. The van der Waals surface area contributed by atoms with Gasteiger partial charge in [0.05, 0.1) is 18.3 Å². The quantitative estimate of drug-likeness (QED) is 0.225. The third-order valence-electron chi connectivity index (χ3n) is 6.74. The molecule has 0 unspecified atom stereocenters. The van der Waals surface area contributed by atoms with Gasteiger partial charge in [-0.15, -0.1) is 0 Å². The van der Waals surface area contributed by atoms with E-state index >= 15 is 0 Å². The maximum Gasteiger partial charge on any atom is 0.270 e. The Morgan fingerprint density at radius 1 is 0.976 bits per heavy atom. The van der Waals surface area contributed by atoms with Crippen LogP contribution in [-0.2, 0) is 17.9 Å². The smallest absolute Gasteiger partial charge is 0.270 e. The number of ether oxygens (including phenoxy) is 1. The van der Waals surface area contributed by atoms with Crippen LogP contribution in [-0.4, -0.2) is 39.1 Å². The lowest BCUT2D eigenvalue weighted by molar-refractivity contribution is -0.126. The van der Waals surface area contributed by atoms with Crippen molar-refractivity contribution in [2.45, 2.75) is 19.1 Å². The van der Waals surface area contributed by atoms with E-state index in [1.807, 2.05) is 72.8 Å². The Hall–Kier alpha value is -5.29. The van der Waals surface area contributed by atoms with Crippen LogP contribution in [0.15, 0.2) is 91.1 Å². The Bertz CT molecular complexity index is 1740. The Labute approximate surface area is 246 Å². The molecule has 0 fully saturated rings. The Morgan fingerprint density at radius 2 is 1.74 bits per heavy atom. The zero-order chi connectivity index (χ0) is 29.6. The molecule has 0 spiro atoms. The number of nitrogens with zero attached hydrogens (tertiary/aromatic N) is 3. The fourth-order valence-corrected chi connectivity index (χ4v) is 5.35. The molecule has 11 heteroatoms.